The number of halogens is 3. The zero-order valence-electron chi connectivity index (χ0n) is 12.3. The van der Waals surface area contributed by atoms with Gasteiger partial charge in [-0.1, -0.05) is 0 Å². The van der Waals surface area contributed by atoms with Crippen LogP contribution >= 0.6 is 47.8 Å². The van der Waals surface area contributed by atoms with E-state index < -0.39 is 0 Å². The molecule has 3 heterocycles. The fourth-order valence-electron chi connectivity index (χ4n) is 3.51. The van der Waals surface area contributed by atoms with E-state index in [0.29, 0.717) is 6.04 Å². The number of nitrogens with one attached hydrogen (secondary N) is 1. The van der Waals surface area contributed by atoms with Gasteiger partial charge in [0.1, 0.15) is 5.52 Å². The number of piperazine rings is 1. The normalized spacial score (nSPS) is 21.6. The molecule has 0 saturated carbocycles. The van der Waals surface area contributed by atoms with Crippen molar-refractivity contribution in [2.45, 2.75) is 25.8 Å². The van der Waals surface area contributed by atoms with Crippen LogP contribution < -0.4 is 10.2 Å². The molecular weight excluding hydrogens is 476 g/mol. The first kappa shape index (κ1) is 15.4. The Balaban J connectivity index is 2.02. The monoisotopic (exact) mass is 490 g/mol. The Morgan fingerprint density at radius 2 is 1.82 bits per heavy atom. The molecule has 0 bridgehead atoms. The lowest BCUT2D eigenvalue weighted by Crippen LogP contribution is -2.44. The standard InChI is InChI=1S/C15H17Br3N4/c1-8-2-3-9-10(16)11(17)12(18)13-14(9)22(8)15(20-13)21-6-4-19-5-7-21/h8,19H,2-7H2,1H3. The molecule has 1 saturated heterocycles. The average molecular weight is 493 g/mol. The first-order valence-electron chi connectivity index (χ1n) is 7.62. The van der Waals surface area contributed by atoms with Gasteiger partial charge in [-0.15, -0.1) is 0 Å². The van der Waals surface area contributed by atoms with Crippen LogP contribution in [0.5, 0.6) is 0 Å². The molecule has 2 aliphatic rings. The van der Waals surface area contributed by atoms with Gasteiger partial charge in [0.25, 0.3) is 0 Å². The van der Waals surface area contributed by atoms with Gasteiger partial charge < -0.3 is 14.8 Å². The first-order valence-corrected chi connectivity index (χ1v) is 10.0. The van der Waals surface area contributed by atoms with Crippen LogP contribution in [0, 0.1) is 0 Å². The summed E-state index contributed by atoms with van der Waals surface area (Å²) in [7, 11) is 0. The Morgan fingerprint density at radius 1 is 1.09 bits per heavy atom. The molecule has 1 unspecified atom stereocenters. The number of nitrogens with zero attached hydrogens (tertiary/aromatic N) is 3. The second-order valence-corrected chi connectivity index (χ2v) is 8.40. The Bertz CT molecular complexity index is 749. The first-order chi connectivity index (χ1) is 10.6. The molecule has 7 heteroatoms. The molecule has 1 aromatic carbocycles. The molecule has 0 aliphatic carbocycles. The van der Waals surface area contributed by atoms with Crippen molar-refractivity contribution in [3.63, 3.8) is 0 Å². The number of hydrogen-bond donors (Lipinski definition) is 1. The highest BCUT2D eigenvalue weighted by Gasteiger charge is 2.30. The molecule has 22 heavy (non-hydrogen) atoms. The minimum atomic E-state index is 0.488. The van der Waals surface area contributed by atoms with Crippen molar-refractivity contribution < 1.29 is 0 Å². The van der Waals surface area contributed by atoms with Crippen LogP contribution in [0.15, 0.2) is 13.4 Å². The Morgan fingerprint density at radius 3 is 2.55 bits per heavy atom. The minimum Gasteiger partial charge on any atom is -0.340 e. The molecule has 2 aromatic rings. The zero-order chi connectivity index (χ0) is 15.4. The maximum atomic E-state index is 5.02. The van der Waals surface area contributed by atoms with Crippen molar-refractivity contribution in [3.8, 4) is 0 Å². The third kappa shape index (κ3) is 2.19. The molecule has 0 spiro atoms. The van der Waals surface area contributed by atoms with Gasteiger partial charge in [0.2, 0.25) is 5.95 Å². The number of aromatic nitrogens is 2. The number of imidazole rings is 1. The maximum absolute atomic E-state index is 5.02. The number of rotatable bonds is 1. The highest BCUT2D eigenvalue weighted by atomic mass is 79.9. The minimum absolute atomic E-state index is 0.488. The number of hydrogen-bond acceptors (Lipinski definition) is 3. The topological polar surface area (TPSA) is 33.1 Å². The largest absolute Gasteiger partial charge is 0.340 e. The van der Waals surface area contributed by atoms with E-state index in [9.17, 15) is 0 Å². The fraction of sp³-hybridized carbons (Fsp3) is 0.533. The summed E-state index contributed by atoms with van der Waals surface area (Å²) in [6, 6.07) is 0.488. The third-order valence-corrected chi connectivity index (χ3v) is 8.19. The number of anilines is 1. The van der Waals surface area contributed by atoms with Gasteiger partial charge in [-0.05, 0) is 73.1 Å². The van der Waals surface area contributed by atoms with Crippen molar-refractivity contribution in [2.75, 3.05) is 31.1 Å². The molecule has 118 valence electrons. The molecular formula is C15H17Br3N4. The highest BCUT2D eigenvalue weighted by Crippen LogP contribution is 2.46. The second-order valence-electron chi connectivity index (χ2n) is 6.02. The van der Waals surface area contributed by atoms with Crippen LogP contribution in [0.25, 0.3) is 11.0 Å². The van der Waals surface area contributed by atoms with Crippen LogP contribution in [-0.2, 0) is 6.42 Å². The summed E-state index contributed by atoms with van der Waals surface area (Å²) in [6.45, 7) is 6.40. The van der Waals surface area contributed by atoms with Crippen molar-refractivity contribution in [2.24, 2.45) is 0 Å². The smallest absolute Gasteiger partial charge is 0.206 e. The Labute approximate surface area is 155 Å². The summed E-state index contributed by atoms with van der Waals surface area (Å²) in [5, 5.41) is 3.42. The van der Waals surface area contributed by atoms with Crippen LogP contribution in [-0.4, -0.2) is 35.7 Å². The summed E-state index contributed by atoms with van der Waals surface area (Å²) < 4.78 is 5.72. The van der Waals surface area contributed by atoms with E-state index in [-0.39, 0.29) is 0 Å². The lowest BCUT2D eigenvalue weighted by molar-refractivity contribution is 0.486. The molecule has 0 amide bonds. The summed E-state index contributed by atoms with van der Waals surface area (Å²) in [4.78, 5) is 7.44. The van der Waals surface area contributed by atoms with Gasteiger partial charge in [-0.2, -0.15) is 0 Å². The Kier molecular flexibility index (Phi) is 4.03. The fourth-order valence-corrected chi connectivity index (χ4v) is 5.27. The van der Waals surface area contributed by atoms with Gasteiger partial charge >= 0.3 is 0 Å². The zero-order valence-corrected chi connectivity index (χ0v) is 17.1. The van der Waals surface area contributed by atoms with Crippen LogP contribution in [0.1, 0.15) is 24.9 Å². The number of aryl methyl sites for hydroxylation is 1. The van der Waals surface area contributed by atoms with Gasteiger partial charge in [0, 0.05) is 41.2 Å². The van der Waals surface area contributed by atoms with Gasteiger partial charge in [-0.25, -0.2) is 4.98 Å². The highest BCUT2D eigenvalue weighted by molar-refractivity contribution is 9.14. The van der Waals surface area contributed by atoms with Crippen molar-refractivity contribution in [3.05, 3.63) is 19.0 Å². The molecule has 1 fully saturated rings. The average Bonchev–Trinajstić information content (AvgIpc) is 2.95. The third-order valence-electron chi connectivity index (χ3n) is 4.69. The van der Waals surface area contributed by atoms with Gasteiger partial charge in [0.05, 0.1) is 9.99 Å². The Hall–Kier alpha value is -0.110. The molecule has 2 aliphatic heterocycles. The quantitative estimate of drug-likeness (QED) is 0.604. The van der Waals surface area contributed by atoms with E-state index in [1.807, 2.05) is 0 Å². The maximum Gasteiger partial charge on any atom is 0.206 e. The van der Waals surface area contributed by atoms with E-state index in [4.69, 9.17) is 4.98 Å². The van der Waals surface area contributed by atoms with E-state index >= 15 is 0 Å². The second kappa shape index (κ2) is 5.76. The van der Waals surface area contributed by atoms with E-state index in [1.165, 1.54) is 11.1 Å². The van der Waals surface area contributed by atoms with Crippen molar-refractivity contribution in [1.82, 2.24) is 14.9 Å². The summed E-state index contributed by atoms with van der Waals surface area (Å²) in [5.74, 6) is 1.12. The summed E-state index contributed by atoms with van der Waals surface area (Å²) in [5.41, 5.74) is 3.73. The van der Waals surface area contributed by atoms with Crippen molar-refractivity contribution in [1.29, 1.82) is 0 Å². The van der Waals surface area contributed by atoms with Gasteiger partial charge in [0.15, 0.2) is 0 Å². The van der Waals surface area contributed by atoms with Crippen LogP contribution in [0.2, 0.25) is 0 Å². The SMILES string of the molecule is CC1CCc2c(Br)c(Br)c(Br)c3nc(N4CCNCC4)n1c23. The summed E-state index contributed by atoms with van der Waals surface area (Å²) in [6.07, 6.45) is 2.25. The lowest BCUT2D eigenvalue weighted by Gasteiger charge is -2.32. The lowest BCUT2D eigenvalue weighted by atomic mass is 10.00. The molecule has 4 rings (SSSR count). The summed E-state index contributed by atoms with van der Waals surface area (Å²) >= 11 is 11.2. The predicted octanol–water partition coefficient (Wildman–Crippen LogP) is 4.24. The van der Waals surface area contributed by atoms with E-state index in [0.717, 1.165) is 63.9 Å². The molecule has 4 nitrogen and oxygen atoms in total. The number of benzene rings is 1. The van der Waals surface area contributed by atoms with E-state index in [2.05, 4.69) is 69.5 Å². The molecule has 1 atom stereocenters. The molecule has 1 aromatic heterocycles. The van der Waals surface area contributed by atoms with E-state index in [1.54, 1.807) is 0 Å². The molecule has 0 radical (unpaired) electrons. The van der Waals surface area contributed by atoms with Gasteiger partial charge in [-0.3, -0.25) is 0 Å². The van der Waals surface area contributed by atoms with Crippen LogP contribution in [0.4, 0.5) is 5.95 Å². The van der Waals surface area contributed by atoms with Crippen molar-refractivity contribution >= 4 is 64.8 Å². The van der Waals surface area contributed by atoms with Crippen LogP contribution in [0.3, 0.4) is 0 Å². The molecule has 1 N–H and O–H groups in total. The predicted molar refractivity (Wildman–Crippen MR) is 101 cm³/mol.